The van der Waals surface area contributed by atoms with E-state index in [1.807, 2.05) is 4.90 Å². The highest BCUT2D eigenvalue weighted by molar-refractivity contribution is 5.85. The summed E-state index contributed by atoms with van der Waals surface area (Å²) in [5.74, 6) is 1.02. The average Bonchev–Trinajstić information content (AvgIpc) is 2.96. The number of rotatable bonds is 4. The van der Waals surface area contributed by atoms with Gasteiger partial charge < -0.3 is 15.0 Å². The number of ether oxygens (including phenoxy) is 1. The maximum absolute atomic E-state index is 11.9. The summed E-state index contributed by atoms with van der Waals surface area (Å²) in [6.45, 7) is 3.88. The van der Waals surface area contributed by atoms with Gasteiger partial charge >= 0.3 is 0 Å². The van der Waals surface area contributed by atoms with E-state index in [1.165, 1.54) is 6.42 Å². The Bertz CT molecular complexity index is 245. The molecular weight excluding hydrogens is 240 g/mol. The predicted molar refractivity (Wildman–Crippen MR) is 69.5 cm³/mol. The van der Waals surface area contributed by atoms with Gasteiger partial charge in [-0.25, -0.2) is 0 Å². The molecule has 2 atom stereocenters. The largest absolute Gasteiger partial charge is 0.380 e. The molecule has 2 rings (SSSR count). The molecule has 4 nitrogen and oxygen atoms in total. The van der Waals surface area contributed by atoms with E-state index in [1.54, 1.807) is 7.11 Å². The number of hydrogen-bond donors (Lipinski definition) is 1. The third-order valence-electron chi connectivity index (χ3n) is 3.76. The monoisotopic (exact) mass is 262 g/mol. The Labute approximate surface area is 109 Å². The third-order valence-corrected chi connectivity index (χ3v) is 3.76. The van der Waals surface area contributed by atoms with Gasteiger partial charge in [0.15, 0.2) is 0 Å². The summed E-state index contributed by atoms with van der Waals surface area (Å²) in [4.78, 5) is 13.9. The molecule has 2 fully saturated rings. The van der Waals surface area contributed by atoms with Crippen molar-refractivity contribution in [2.75, 3.05) is 33.3 Å². The number of nitrogens with zero attached hydrogens (tertiary/aromatic N) is 1. The Morgan fingerprint density at radius 1 is 1.47 bits per heavy atom. The minimum Gasteiger partial charge on any atom is -0.380 e. The fraction of sp³-hybridized carbons (Fsp3) is 0.917. The van der Waals surface area contributed by atoms with Gasteiger partial charge in [0.05, 0.1) is 6.10 Å². The Kier molecular flexibility index (Phi) is 6.23. The number of methoxy groups -OCH3 is 1. The summed E-state index contributed by atoms with van der Waals surface area (Å²) in [6, 6.07) is 0. The Morgan fingerprint density at radius 2 is 2.29 bits per heavy atom. The van der Waals surface area contributed by atoms with Gasteiger partial charge in [0.25, 0.3) is 0 Å². The van der Waals surface area contributed by atoms with Gasteiger partial charge in [-0.05, 0) is 38.3 Å². The SMILES string of the molecule is CO[C@H]1CCN(C(=O)CCC2CCNC2)C1.Cl. The lowest BCUT2D eigenvalue weighted by atomic mass is 10.0. The fourth-order valence-electron chi connectivity index (χ4n) is 2.59. The smallest absolute Gasteiger partial charge is 0.222 e. The van der Waals surface area contributed by atoms with Crippen LogP contribution in [0.1, 0.15) is 25.7 Å². The molecule has 100 valence electrons. The molecule has 0 aromatic carbocycles. The summed E-state index contributed by atoms with van der Waals surface area (Å²) in [7, 11) is 1.73. The number of hydrogen-bond acceptors (Lipinski definition) is 3. The lowest BCUT2D eigenvalue weighted by Crippen LogP contribution is -2.30. The highest BCUT2D eigenvalue weighted by Crippen LogP contribution is 2.18. The topological polar surface area (TPSA) is 41.6 Å². The van der Waals surface area contributed by atoms with E-state index in [2.05, 4.69) is 5.32 Å². The van der Waals surface area contributed by atoms with Gasteiger partial charge in [-0.3, -0.25) is 4.79 Å². The van der Waals surface area contributed by atoms with E-state index in [-0.39, 0.29) is 18.5 Å². The first kappa shape index (κ1) is 14.7. The van der Waals surface area contributed by atoms with Crippen LogP contribution in [-0.4, -0.2) is 50.2 Å². The molecule has 1 N–H and O–H groups in total. The standard InChI is InChI=1S/C12H22N2O2.ClH/c1-16-11-5-7-14(9-11)12(15)3-2-10-4-6-13-8-10;/h10-11,13H,2-9H2,1H3;1H/t10?,11-;/m0./s1. The first-order valence-electron chi connectivity index (χ1n) is 6.31. The molecule has 0 bridgehead atoms. The molecule has 17 heavy (non-hydrogen) atoms. The van der Waals surface area contributed by atoms with Crippen molar-refractivity contribution in [1.82, 2.24) is 10.2 Å². The second kappa shape index (κ2) is 7.19. The molecule has 1 unspecified atom stereocenters. The van der Waals surface area contributed by atoms with Crippen LogP contribution < -0.4 is 5.32 Å². The molecular formula is C12H23ClN2O2. The zero-order valence-corrected chi connectivity index (χ0v) is 11.3. The number of amides is 1. The predicted octanol–water partition coefficient (Wildman–Crippen LogP) is 1.05. The molecule has 0 aromatic heterocycles. The maximum atomic E-state index is 11.9. The Balaban J connectivity index is 0.00000144. The van der Waals surface area contributed by atoms with E-state index in [9.17, 15) is 4.79 Å². The van der Waals surface area contributed by atoms with Crippen LogP contribution in [0.15, 0.2) is 0 Å². The minimum absolute atomic E-state index is 0. The number of carbonyl (C=O) groups is 1. The Morgan fingerprint density at radius 3 is 2.88 bits per heavy atom. The first-order chi connectivity index (χ1) is 7.79. The molecule has 0 radical (unpaired) electrons. The lowest BCUT2D eigenvalue weighted by molar-refractivity contribution is -0.130. The van der Waals surface area contributed by atoms with Gasteiger partial charge in [0, 0.05) is 26.6 Å². The van der Waals surface area contributed by atoms with Crippen molar-refractivity contribution >= 4 is 18.3 Å². The van der Waals surface area contributed by atoms with Gasteiger partial charge in [0.1, 0.15) is 0 Å². The minimum atomic E-state index is 0. The molecule has 0 saturated carbocycles. The molecule has 2 aliphatic heterocycles. The number of nitrogens with one attached hydrogen (secondary N) is 1. The Hall–Kier alpha value is -0.320. The molecule has 1 amide bonds. The normalized spacial score (nSPS) is 28.2. The lowest BCUT2D eigenvalue weighted by Gasteiger charge is -2.17. The van der Waals surface area contributed by atoms with Crippen molar-refractivity contribution in [3.8, 4) is 0 Å². The van der Waals surface area contributed by atoms with Gasteiger partial charge in [-0.2, -0.15) is 0 Å². The van der Waals surface area contributed by atoms with Crippen LogP contribution >= 0.6 is 12.4 Å². The highest BCUT2D eigenvalue weighted by Gasteiger charge is 2.26. The van der Waals surface area contributed by atoms with Crippen molar-refractivity contribution in [1.29, 1.82) is 0 Å². The van der Waals surface area contributed by atoms with Crippen molar-refractivity contribution in [3.63, 3.8) is 0 Å². The maximum Gasteiger partial charge on any atom is 0.222 e. The quantitative estimate of drug-likeness (QED) is 0.823. The zero-order valence-electron chi connectivity index (χ0n) is 10.5. The molecule has 2 saturated heterocycles. The molecule has 0 aliphatic carbocycles. The molecule has 0 spiro atoms. The molecule has 5 heteroatoms. The average molecular weight is 263 g/mol. The van der Waals surface area contributed by atoms with Crippen molar-refractivity contribution in [2.45, 2.75) is 31.8 Å². The molecule has 2 heterocycles. The summed E-state index contributed by atoms with van der Waals surface area (Å²) >= 11 is 0. The van der Waals surface area contributed by atoms with Crippen LogP contribution in [0, 0.1) is 5.92 Å². The third kappa shape index (κ3) is 4.12. The fourth-order valence-corrected chi connectivity index (χ4v) is 2.59. The van der Waals surface area contributed by atoms with E-state index in [0.29, 0.717) is 18.2 Å². The molecule has 0 aromatic rings. The van der Waals surface area contributed by atoms with Crippen molar-refractivity contribution < 1.29 is 9.53 Å². The summed E-state index contributed by atoms with van der Waals surface area (Å²) in [5, 5.41) is 3.34. The number of likely N-dealkylation sites (tertiary alicyclic amines) is 1. The van der Waals surface area contributed by atoms with Crippen molar-refractivity contribution in [2.24, 2.45) is 5.92 Å². The van der Waals surface area contributed by atoms with E-state index in [0.717, 1.165) is 39.0 Å². The van der Waals surface area contributed by atoms with Gasteiger partial charge in [-0.15, -0.1) is 12.4 Å². The highest BCUT2D eigenvalue weighted by atomic mass is 35.5. The van der Waals surface area contributed by atoms with Gasteiger partial charge in [0.2, 0.25) is 5.91 Å². The van der Waals surface area contributed by atoms with Crippen LogP contribution in [0.4, 0.5) is 0 Å². The summed E-state index contributed by atoms with van der Waals surface area (Å²) in [6.07, 6.45) is 4.24. The van der Waals surface area contributed by atoms with Crippen LogP contribution in [0.25, 0.3) is 0 Å². The van der Waals surface area contributed by atoms with Crippen LogP contribution in [0.3, 0.4) is 0 Å². The van der Waals surface area contributed by atoms with Crippen LogP contribution in [-0.2, 0) is 9.53 Å². The second-order valence-electron chi connectivity index (χ2n) is 4.88. The number of carbonyl (C=O) groups excluding carboxylic acids is 1. The van der Waals surface area contributed by atoms with Gasteiger partial charge in [-0.1, -0.05) is 0 Å². The van der Waals surface area contributed by atoms with E-state index >= 15 is 0 Å². The summed E-state index contributed by atoms with van der Waals surface area (Å²) in [5.41, 5.74) is 0. The first-order valence-corrected chi connectivity index (χ1v) is 6.31. The zero-order chi connectivity index (χ0) is 11.4. The van der Waals surface area contributed by atoms with E-state index < -0.39 is 0 Å². The number of halogens is 1. The molecule has 2 aliphatic rings. The van der Waals surface area contributed by atoms with Crippen LogP contribution in [0.5, 0.6) is 0 Å². The summed E-state index contributed by atoms with van der Waals surface area (Å²) < 4.78 is 5.27. The second-order valence-corrected chi connectivity index (χ2v) is 4.88. The van der Waals surface area contributed by atoms with E-state index in [4.69, 9.17) is 4.74 Å². The van der Waals surface area contributed by atoms with Crippen LogP contribution in [0.2, 0.25) is 0 Å². The van der Waals surface area contributed by atoms with Crippen molar-refractivity contribution in [3.05, 3.63) is 0 Å².